The number of Topliss-reactive ketones (excluding diaryl/α,β-unsaturated/α-hetero) is 1. The zero-order valence-corrected chi connectivity index (χ0v) is 8.02. The fourth-order valence-electron chi connectivity index (χ4n) is 0.995. The smallest absolute Gasteiger partial charge is 0.387 e. The number of rotatable bonds is 3. The van der Waals surface area contributed by atoms with Crippen LogP contribution in [-0.2, 0) is 0 Å². The maximum atomic E-state index is 12.0. The average molecular weight is 221 g/mol. The summed E-state index contributed by atoms with van der Waals surface area (Å²) in [7, 11) is 0. The average Bonchev–Trinajstić information content (AvgIpc) is 2.07. The second-order valence-electron chi connectivity index (χ2n) is 2.55. The lowest BCUT2D eigenvalue weighted by molar-refractivity contribution is -0.0500. The van der Waals surface area contributed by atoms with Crippen molar-refractivity contribution in [2.45, 2.75) is 13.5 Å². The lowest BCUT2D eigenvalue weighted by Crippen LogP contribution is -2.06. The second kappa shape index (κ2) is 4.37. The Morgan fingerprint density at radius 1 is 1.50 bits per heavy atom. The Morgan fingerprint density at radius 2 is 2.14 bits per heavy atom. The van der Waals surface area contributed by atoms with Gasteiger partial charge in [0.25, 0.3) is 0 Å². The molecule has 0 spiro atoms. The summed E-state index contributed by atoms with van der Waals surface area (Å²) in [5.74, 6) is -0.639. The minimum absolute atomic E-state index is 0.00185. The molecule has 0 N–H and O–H groups in total. The van der Waals surface area contributed by atoms with Crippen LogP contribution in [0.5, 0.6) is 5.75 Å². The number of benzene rings is 1. The van der Waals surface area contributed by atoms with E-state index in [9.17, 15) is 13.6 Å². The van der Waals surface area contributed by atoms with E-state index in [2.05, 4.69) is 4.74 Å². The van der Waals surface area contributed by atoms with Crippen molar-refractivity contribution in [2.75, 3.05) is 0 Å². The van der Waals surface area contributed by atoms with Crippen LogP contribution in [0.2, 0.25) is 5.02 Å². The highest BCUT2D eigenvalue weighted by atomic mass is 35.5. The fraction of sp³-hybridized carbons (Fsp3) is 0.222. The topological polar surface area (TPSA) is 26.3 Å². The monoisotopic (exact) mass is 220 g/mol. The SMILES string of the molecule is CC(=O)c1cccc(Cl)c1OC(F)F. The van der Waals surface area contributed by atoms with Crippen molar-refractivity contribution in [3.05, 3.63) is 28.8 Å². The van der Waals surface area contributed by atoms with Crippen LogP contribution in [0.4, 0.5) is 8.78 Å². The van der Waals surface area contributed by atoms with E-state index in [-0.39, 0.29) is 22.1 Å². The first-order chi connectivity index (χ1) is 6.52. The molecule has 0 saturated heterocycles. The van der Waals surface area contributed by atoms with Crippen molar-refractivity contribution in [3.8, 4) is 5.75 Å². The number of hydrogen-bond acceptors (Lipinski definition) is 2. The van der Waals surface area contributed by atoms with Gasteiger partial charge in [0.2, 0.25) is 0 Å². The summed E-state index contributed by atoms with van der Waals surface area (Å²) in [4.78, 5) is 11.0. The molecule has 1 aromatic carbocycles. The first-order valence-electron chi connectivity index (χ1n) is 3.76. The molecule has 0 heterocycles. The summed E-state index contributed by atoms with van der Waals surface area (Å²) in [5, 5.41) is -0.00185. The van der Waals surface area contributed by atoms with Crippen LogP contribution < -0.4 is 4.74 Å². The van der Waals surface area contributed by atoms with E-state index in [1.807, 2.05) is 0 Å². The van der Waals surface area contributed by atoms with Gasteiger partial charge in [-0.05, 0) is 19.1 Å². The van der Waals surface area contributed by atoms with Gasteiger partial charge in [-0.2, -0.15) is 8.78 Å². The van der Waals surface area contributed by atoms with E-state index in [4.69, 9.17) is 11.6 Å². The summed E-state index contributed by atoms with van der Waals surface area (Å²) in [6, 6.07) is 4.26. The minimum Gasteiger partial charge on any atom is -0.432 e. The number of ketones is 1. The van der Waals surface area contributed by atoms with Crippen LogP contribution >= 0.6 is 11.6 Å². The van der Waals surface area contributed by atoms with E-state index in [1.54, 1.807) is 0 Å². The molecule has 0 aromatic heterocycles. The largest absolute Gasteiger partial charge is 0.432 e. The predicted molar refractivity (Wildman–Crippen MR) is 48.1 cm³/mol. The summed E-state index contributed by atoms with van der Waals surface area (Å²) in [6.45, 7) is -1.74. The van der Waals surface area contributed by atoms with Gasteiger partial charge in [-0.3, -0.25) is 4.79 Å². The van der Waals surface area contributed by atoms with Crippen LogP contribution in [0.25, 0.3) is 0 Å². The molecule has 0 atom stereocenters. The van der Waals surface area contributed by atoms with Crippen LogP contribution in [0.15, 0.2) is 18.2 Å². The molecule has 2 nitrogen and oxygen atoms in total. The molecule has 0 aliphatic carbocycles. The molecule has 14 heavy (non-hydrogen) atoms. The predicted octanol–water partition coefficient (Wildman–Crippen LogP) is 3.14. The molecule has 76 valence electrons. The molecule has 0 fully saturated rings. The summed E-state index contributed by atoms with van der Waals surface area (Å²) in [6.07, 6.45) is 0. The van der Waals surface area contributed by atoms with Crippen molar-refractivity contribution < 1.29 is 18.3 Å². The maximum absolute atomic E-state index is 12.0. The normalized spacial score (nSPS) is 10.4. The van der Waals surface area contributed by atoms with Gasteiger partial charge in [-0.25, -0.2) is 0 Å². The molecule has 0 saturated carbocycles. The van der Waals surface area contributed by atoms with Gasteiger partial charge in [-0.15, -0.1) is 0 Å². The number of para-hydroxylation sites is 1. The van der Waals surface area contributed by atoms with Gasteiger partial charge in [0.05, 0.1) is 10.6 Å². The highest BCUT2D eigenvalue weighted by Gasteiger charge is 2.15. The Bertz CT molecular complexity index is 353. The summed E-state index contributed by atoms with van der Waals surface area (Å²) >= 11 is 5.61. The summed E-state index contributed by atoms with van der Waals surface area (Å²) in [5.41, 5.74) is 0.0535. The number of hydrogen-bond donors (Lipinski definition) is 0. The molecule has 0 bridgehead atoms. The van der Waals surface area contributed by atoms with Crippen molar-refractivity contribution in [1.82, 2.24) is 0 Å². The van der Waals surface area contributed by atoms with Crippen molar-refractivity contribution in [3.63, 3.8) is 0 Å². The van der Waals surface area contributed by atoms with Crippen LogP contribution in [-0.4, -0.2) is 12.4 Å². The van der Waals surface area contributed by atoms with E-state index in [1.165, 1.54) is 25.1 Å². The Labute approximate surface area is 84.4 Å². The third-order valence-electron chi connectivity index (χ3n) is 1.55. The Kier molecular flexibility index (Phi) is 3.41. The van der Waals surface area contributed by atoms with Gasteiger partial charge in [-0.1, -0.05) is 17.7 Å². The molecular weight excluding hydrogens is 214 g/mol. The van der Waals surface area contributed by atoms with Gasteiger partial charge in [0.15, 0.2) is 11.5 Å². The number of ether oxygens (including phenoxy) is 1. The first-order valence-corrected chi connectivity index (χ1v) is 4.14. The molecule has 0 amide bonds. The van der Waals surface area contributed by atoms with E-state index in [0.717, 1.165) is 0 Å². The van der Waals surface area contributed by atoms with Crippen molar-refractivity contribution in [1.29, 1.82) is 0 Å². The Balaban J connectivity index is 3.15. The fourth-order valence-corrected chi connectivity index (χ4v) is 1.21. The Morgan fingerprint density at radius 3 is 2.64 bits per heavy atom. The standard InChI is InChI=1S/C9H7ClF2O2/c1-5(13)6-3-2-4-7(10)8(6)14-9(11)12/h2-4,9H,1H3. The number of carbonyl (C=O) groups is 1. The first kappa shape index (κ1) is 10.9. The molecule has 0 aliphatic rings. The zero-order valence-electron chi connectivity index (χ0n) is 7.26. The third-order valence-corrected chi connectivity index (χ3v) is 1.85. The van der Waals surface area contributed by atoms with Gasteiger partial charge in [0.1, 0.15) is 0 Å². The molecule has 0 unspecified atom stereocenters. The molecule has 1 aromatic rings. The Hall–Kier alpha value is -1.16. The number of halogens is 3. The lowest BCUT2D eigenvalue weighted by Gasteiger charge is -2.09. The van der Waals surface area contributed by atoms with Gasteiger partial charge in [0, 0.05) is 0 Å². The van der Waals surface area contributed by atoms with Crippen LogP contribution in [0.1, 0.15) is 17.3 Å². The highest BCUT2D eigenvalue weighted by Crippen LogP contribution is 2.30. The van der Waals surface area contributed by atoms with Gasteiger partial charge >= 0.3 is 6.61 Å². The van der Waals surface area contributed by atoms with E-state index in [0.29, 0.717) is 0 Å². The van der Waals surface area contributed by atoms with E-state index < -0.39 is 6.61 Å². The quantitative estimate of drug-likeness (QED) is 0.732. The lowest BCUT2D eigenvalue weighted by atomic mass is 10.1. The molecule has 0 radical (unpaired) electrons. The maximum Gasteiger partial charge on any atom is 0.387 e. The van der Waals surface area contributed by atoms with Gasteiger partial charge < -0.3 is 4.74 Å². The minimum atomic E-state index is -2.99. The van der Waals surface area contributed by atoms with Crippen molar-refractivity contribution >= 4 is 17.4 Å². The second-order valence-corrected chi connectivity index (χ2v) is 2.96. The van der Waals surface area contributed by atoms with Crippen LogP contribution in [0.3, 0.4) is 0 Å². The zero-order chi connectivity index (χ0) is 10.7. The van der Waals surface area contributed by atoms with E-state index >= 15 is 0 Å². The molecule has 5 heteroatoms. The van der Waals surface area contributed by atoms with Crippen molar-refractivity contribution in [2.24, 2.45) is 0 Å². The number of carbonyl (C=O) groups excluding carboxylic acids is 1. The molecular formula is C9H7ClF2O2. The molecule has 0 aliphatic heterocycles. The highest BCUT2D eigenvalue weighted by molar-refractivity contribution is 6.32. The van der Waals surface area contributed by atoms with Crippen LogP contribution in [0, 0.1) is 0 Å². The summed E-state index contributed by atoms with van der Waals surface area (Å²) < 4.78 is 28.1. The number of alkyl halides is 2. The third kappa shape index (κ3) is 2.42. The molecule has 1 rings (SSSR count).